The van der Waals surface area contributed by atoms with Gasteiger partial charge in [0.2, 0.25) is 5.91 Å². The van der Waals surface area contributed by atoms with E-state index in [9.17, 15) is 14.4 Å². The zero-order valence-corrected chi connectivity index (χ0v) is 10.2. The Bertz CT molecular complexity index is 326. The lowest BCUT2D eigenvalue weighted by molar-refractivity contribution is -0.170. The number of nitrogens with one attached hydrogen (secondary N) is 1. The molecule has 0 spiro atoms. The number of carbonyl (C=O) groups is 3. The normalized spacial score (nSPS) is 20.9. The minimum atomic E-state index is -0.956. The van der Waals surface area contributed by atoms with Crippen LogP contribution in [-0.4, -0.2) is 36.1 Å². The lowest BCUT2D eigenvalue weighted by Crippen LogP contribution is -2.38. The highest BCUT2D eigenvalue weighted by Gasteiger charge is 2.31. The summed E-state index contributed by atoms with van der Waals surface area (Å²) in [4.78, 5) is 33.8. The van der Waals surface area contributed by atoms with Crippen LogP contribution in [0.15, 0.2) is 0 Å². The van der Waals surface area contributed by atoms with E-state index in [4.69, 9.17) is 9.47 Å². The molecule has 0 aromatic carbocycles. The molecule has 0 radical (unpaired) electrons. The summed E-state index contributed by atoms with van der Waals surface area (Å²) >= 11 is 0. The molecule has 0 aromatic rings. The SMILES string of the molecule is CC(C)OC(=O)C(C)OC(=O)[C@@H]1CCC(=O)N1. The molecule has 1 N–H and O–H groups in total. The fourth-order valence-corrected chi connectivity index (χ4v) is 1.42. The van der Waals surface area contributed by atoms with Gasteiger partial charge >= 0.3 is 11.9 Å². The summed E-state index contributed by atoms with van der Waals surface area (Å²) in [6.45, 7) is 4.87. The second-order valence-electron chi connectivity index (χ2n) is 4.22. The number of ether oxygens (including phenoxy) is 2. The molecule has 1 rings (SSSR count). The van der Waals surface area contributed by atoms with Crippen LogP contribution in [0.2, 0.25) is 0 Å². The standard InChI is InChI=1S/C11H17NO5/c1-6(2)16-10(14)7(3)17-11(15)8-4-5-9(13)12-8/h6-8H,4-5H2,1-3H3,(H,12,13)/t7?,8-/m0/s1. The summed E-state index contributed by atoms with van der Waals surface area (Å²) in [6, 6.07) is -0.642. The topological polar surface area (TPSA) is 81.7 Å². The fourth-order valence-electron chi connectivity index (χ4n) is 1.42. The molecule has 6 heteroatoms. The molecule has 1 unspecified atom stereocenters. The van der Waals surface area contributed by atoms with Gasteiger partial charge in [-0.25, -0.2) is 9.59 Å². The third-order valence-electron chi connectivity index (χ3n) is 2.26. The number of amides is 1. The third-order valence-corrected chi connectivity index (χ3v) is 2.26. The quantitative estimate of drug-likeness (QED) is 0.711. The van der Waals surface area contributed by atoms with Crippen molar-refractivity contribution in [3.05, 3.63) is 0 Å². The zero-order valence-electron chi connectivity index (χ0n) is 10.2. The van der Waals surface area contributed by atoms with E-state index in [-0.39, 0.29) is 12.0 Å². The van der Waals surface area contributed by atoms with Crippen LogP contribution in [-0.2, 0) is 23.9 Å². The van der Waals surface area contributed by atoms with Crippen LogP contribution in [0, 0.1) is 0 Å². The number of rotatable bonds is 4. The lowest BCUT2D eigenvalue weighted by atomic mass is 10.2. The molecule has 0 aromatic heterocycles. The van der Waals surface area contributed by atoms with E-state index in [1.54, 1.807) is 13.8 Å². The minimum absolute atomic E-state index is 0.177. The Morgan fingerprint density at radius 1 is 1.29 bits per heavy atom. The third kappa shape index (κ3) is 4.05. The predicted molar refractivity (Wildman–Crippen MR) is 57.9 cm³/mol. The van der Waals surface area contributed by atoms with Gasteiger partial charge in [0.15, 0.2) is 6.10 Å². The number of hydrogen-bond donors (Lipinski definition) is 1. The maximum absolute atomic E-state index is 11.5. The first-order chi connectivity index (χ1) is 7.90. The smallest absolute Gasteiger partial charge is 0.347 e. The Labute approximate surface area is 99.6 Å². The first kappa shape index (κ1) is 13.5. The molecule has 1 amide bonds. The maximum atomic E-state index is 11.5. The highest BCUT2D eigenvalue weighted by molar-refractivity contribution is 5.89. The van der Waals surface area contributed by atoms with Gasteiger partial charge in [0.25, 0.3) is 0 Å². The van der Waals surface area contributed by atoms with Crippen molar-refractivity contribution < 1.29 is 23.9 Å². The second kappa shape index (κ2) is 5.65. The Hall–Kier alpha value is -1.59. The lowest BCUT2D eigenvalue weighted by Gasteiger charge is -2.16. The Morgan fingerprint density at radius 3 is 2.41 bits per heavy atom. The van der Waals surface area contributed by atoms with Gasteiger partial charge in [0.1, 0.15) is 6.04 Å². The van der Waals surface area contributed by atoms with Crippen molar-refractivity contribution in [2.75, 3.05) is 0 Å². The van der Waals surface area contributed by atoms with Gasteiger partial charge in [-0.1, -0.05) is 0 Å². The second-order valence-corrected chi connectivity index (χ2v) is 4.22. The maximum Gasteiger partial charge on any atom is 0.347 e. The van der Waals surface area contributed by atoms with E-state index < -0.39 is 24.1 Å². The summed E-state index contributed by atoms with van der Waals surface area (Å²) < 4.78 is 9.81. The van der Waals surface area contributed by atoms with Gasteiger partial charge in [-0.3, -0.25) is 4.79 Å². The Kier molecular flexibility index (Phi) is 4.48. The molecule has 1 saturated heterocycles. The molecule has 17 heavy (non-hydrogen) atoms. The Balaban J connectivity index is 2.40. The molecule has 1 heterocycles. The fraction of sp³-hybridized carbons (Fsp3) is 0.727. The van der Waals surface area contributed by atoms with Gasteiger partial charge in [0.05, 0.1) is 6.10 Å². The predicted octanol–water partition coefficient (Wildman–Crippen LogP) is 0.148. The average molecular weight is 243 g/mol. The molecule has 2 atom stereocenters. The van der Waals surface area contributed by atoms with Crippen molar-refractivity contribution in [2.24, 2.45) is 0 Å². The number of hydrogen-bond acceptors (Lipinski definition) is 5. The van der Waals surface area contributed by atoms with Crippen LogP contribution >= 0.6 is 0 Å². The molecule has 0 bridgehead atoms. The highest BCUT2D eigenvalue weighted by Crippen LogP contribution is 2.10. The number of esters is 2. The van der Waals surface area contributed by atoms with Crippen molar-refractivity contribution in [1.29, 1.82) is 0 Å². The minimum Gasteiger partial charge on any atom is -0.460 e. The first-order valence-electron chi connectivity index (χ1n) is 5.60. The largest absolute Gasteiger partial charge is 0.460 e. The van der Waals surface area contributed by atoms with E-state index in [1.807, 2.05) is 0 Å². The van der Waals surface area contributed by atoms with Crippen LogP contribution in [0.4, 0.5) is 0 Å². The molecular weight excluding hydrogens is 226 g/mol. The summed E-state index contributed by atoms with van der Waals surface area (Å²) in [5.74, 6) is -1.36. The first-order valence-corrected chi connectivity index (χ1v) is 5.60. The molecule has 0 aliphatic carbocycles. The molecule has 1 aliphatic rings. The Morgan fingerprint density at radius 2 is 1.94 bits per heavy atom. The summed E-state index contributed by atoms with van der Waals surface area (Å²) in [6.07, 6.45) is -0.494. The van der Waals surface area contributed by atoms with Gasteiger partial charge in [-0.2, -0.15) is 0 Å². The molecule has 6 nitrogen and oxygen atoms in total. The van der Waals surface area contributed by atoms with E-state index in [0.717, 1.165) is 0 Å². The van der Waals surface area contributed by atoms with E-state index in [0.29, 0.717) is 12.8 Å². The van der Waals surface area contributed by atoms with Crippen LogP contribution in [0.3, 0.4) is 0 Å². The summed E-state index contributed by atoms with van der Waals surface area (Å²) in [5, 5.41) is 2.47. The van der Waals surface area contributed by atoms with Crippen LogP contribution in [0.5, 0.6) is 0 Å². The van der Waals surface area contributed by atoms with Crippen molar-refractivity contribution >= 4 is 17.8 Å². The van der Waals surface area contributed by atoms with Crippen LogP contribution < -0.4 is 5.32 Å². The zero-order chi connectivity index (χ0) is 13.0. The van der Waals surface area contributed by atoms with Crippen LogP contribution in [0.25, 0.3) is 0 Å². The average Bonchev–Trinajstić information content (AvgIpc) is 2.63. The van der Waals surface area contributed by atoms with E-state index in [1.165, 1.54) is 6.92 Å². The van der Waals surface area contributed by atoms with E-state index in [2.05, 4.69) is 5.32 Å². The molecule has 1 fully saturated rings. The monoisotopic (exact) mass is 243 g/mol. The van der Waals surface area contributed by atoms with Gasteiger partial charge < -0.3 is 14.8 Å². The summed E-state index contributed by atoms with van der Waals surface area (Å²) in [5.41, 5.74) is 0. The van der Waals surface area contributed by atoms with E-state index >= 15 is 0 Å². The number of carbonyl (C=O) groups excluding carboxylic acids is 3. The van der Waals surface area contributed by atoms with Crippen molar-refractivity contribution in [1.82, 2.24) is 5.32 Å². The molecule has 1 aliphatic heterocycles. The molecule has 0 saturated carbocycles. The van der Waals surface area contributed by atoms with Gasteiger partial charge in [-0.05, 0) is 27.2 Å². The van der Waals surface area contributed by atoms with Crippen molar-refractivity contribution in [2.45, 2.75) is 51.9 Å². The van der Waals surface area contributed by atoms with Gasteiger partial charge in [-0.15, -0.1) is 0 Å². The van der Waals surface area contributed by atoms with Gasteiger partial charge in [0, 0.05) is 6.42 Å². The van der Waals surface area contributed by atoms with Crippen molar-refractivity contribution in [3.8, 4) is 0 Å². The molecular formula is C11H17NO5. The van der Waals surface area contributed by atoms with Crippen LogP contribution in [0.1, 0.15) is 33.6 Å². The molecule has 96 valence electrons. The summed E-state index contributed by atoms with van der Waals surface area (Å²) in [7, 11) is 0. The highest BCUT2D eigenvalue weighted by atomic mass is 16.6. The van der Waals surface area contributed by atoms with Crippen molar-refractivity contribution in [3.63, 3.8) is 0 Å².